The number of hydrogen-bond acceptors (Lipinski definition) is 5. The van der Waals surface area contributed by atoms with Gasteiger partial charge in [0.1, 0.15) is 5.75 Å². The molecule has 2 aromatic carbocycles. The maximum absolute atomic E-state index is 12.7. The first kappa shape index (κ1) is 19.8. The number of nitrogens with one attached hydrogen (secondary N) is 1. The van der Waals surface area contributed by atoms with Crippen LogP contribution in [0.15, 0.2) is 42.5 Å². The van der Waals surface area contributed by atoms with Crippen molar-refractivity contribution in [2.24, 2.45) is 0 Å². The Morgan fingerprint density at radius 1 is 1.04 bits per heavy atom. The van der Waals surface area contributed by atoms with Gasteiger partial charge in [0.25, 0.3) is 5.91 Å². The minimum absolute atomic E-state index is 0.0556. The van der Waals surface area contributed by atoms with Crippen LogP contribution in [0.5, 0.6) is 5.75 Å². The Kier molecular flexibility index (Phi) is 5.90. The second-order valence-electron chi connectivity index (χ2n) is 7.06. The number of amides is 1. The van der Waals surface area contributed by atoms with E-state index in [4.69, 9.17) is 4.74 Å². The summed E-state index contributed by atoms with van der Waals surface area (Å²) >= 11 is 0. The van der Waals surface area contributed by atoms with Crippen molar-refractivity contribution < 1.29 is 9.53 Å². The Balaban J connectivity index is 1.75. The van der Waals surface area contributed by atoms with Crippen molar-refractivity contribution in [3.05, 3.63) is 65.0 Å². The summed E-state index contributed by atoms with van der Waals surface area (Å²) in [6.45, 7) is 4.35. The van der Waals surface area contributed by atoms with Crippen LogP contribution in [0.25, 0.3) is 11.0 Å². The molecule has 146 valence electrons. The van der Waals surface area contributed by atoms with Gasteiger partial charge >= 0.3 is 0 Å². The van der Waals surface area contributed by atoms with Crippen LogP contribution in [-0.2, 0) is 0 Å². The zero-order valence-electron chi connectivity index (χ0n) is 17.0. The fraction of sp³-hybridized carbons (Fsp3) is 0.318. The second-order valence-corrected chi connectivity index (χ2v) is 7.06. The van der Waals surface area contributed by atoms with Crippen LogP contribution in [0.1, 0.15) is 33.4 Å². The van der Waals surface area contributed by atoms with Crippen LogP contribution in [-0.4, -0.2) is 48.5 Å². The molecule has 1 heterocycles. The Labute approximate surface area is 165 Å². The van der Waals surface area contributed by atoms with E-state index in [0.29, 0.717) is 12.1 Å². The lowest BCUT2D eigenvalue weighted by Gasteiger charge is -2.25. The number of carbonyl (C=O) groups is 1. The Bertz CT molecular complexity index is 984. The molecule has 3 rings (SSSR count). The summed E-state index contributed by atoms with van der Waals surface area (Å²) in [6.07, 6.45) is 0. The summed E-state index contributed by atoms with van der Waals surface area (Å²) in [6, 6.07) is 13.4. The smallest absolute Gasteiger partial charge is 0.251 e. The molecule has 1 amide bonds. The fourth-order valence-electron chi connectivity index (χ4n) is 3.09. The highest BCUT2D eigenvalue weighted by molar-refractivity contribution is 5.97. The molecule has 3 aromatic rings. The molecular weight excluding hydrogens is 352 g/mol. The number of aromatic nitrogens is 2. The largest absolute Gasteiger partial charge is 0.497 e. The third kappa shape index (κ3) is 4.28. The first-order chi connectivity index (χ1) is 13.4. The van der Waals surface area contributed by atoms with Crippen LogP contribution < -0.4 is 10.1 Å². The van der Waals surface area contributed by atoms with E-state index in [1.54, 1.807) is 19.2 Å². The van der Waals surface area contributed by atoms with E-state index in [9.17, 15) is 4.79 Å². The monoisotopic (exact) mass is 378 g/mol. The topological polar surface area (TPSA) is 67.3 Å². The molecule has 1 aromatic heterocycles. The van der Waals surface area contributed by atoms with Gasteiger partial charge in [0.15, 0.2) is 0 Å². The fourth-order valence-corrected chi connectivity index (χ4v) is 3.09. The number of rotatable bonds is 6. The number of aryl methyl sites for hydroxylation is 2. The molecule has 1 unspecified atom stereocenters. The molecule has 0 radical (unpaired) electrons. The number of nitrogens with zero attached hydrogens (tertiary/aromatic N) is 3. The quantitative estimate of drug-likeness (QED) is 0.713. The van der Waals surface area contributed by atoms with Gasteiger partial charge in [-0.1, -0.05) is 12.1 Å². The summed E-state index contributed by atoms with van der Waals surface area (Å²) in [7, 11) is 5.64. The van der Waals surface area contributed by atoms with Gasteiger partial charge in [-0.15, -0.1) is 0 Å². The van der Waals surface area contributed by atoms with E-state index < -0.39 is 0 Å². The van der Waals surface area contributed by atoms with Gasteiger partial charge in [-0.2, -0.15) is 0 Å². The summed E-state index contributed by atoms with van der Waals surface area (Å²) in [4.78, 5) is 23.8. The molecule has 0 fully saturated rings. The maximum Gasteiger partial charge on any atom is 0.251 e. The Morgan fingerprint density at radius 2 is 1.68 bits per heavy atom. The van der Waals surface area contributed by atoms with Crippen molar-refractivity contribution in [1.82, 2.24) is 20.2 Å². The van der Waals surface area contributed by atoms with Crippen LogP contribution >= 0.6 is 0 Å². The molecule has 0 saturated heterocycles. The molecule has 0 aliphatic carbocycles. The molecule has 0 saturated carbocycles. The number of carbonyl (C=O) groups excluding carboxylic acids is 1. The zero-order valence-corrected chi connectivity index (χ0v) is 17.0. The second kappa shape index (κ2) is 8.35. The van der Waals surface area contributed by atoms with Gasteiger partial charge < -0.3 is 15.0 Å². The third-order valence-electron chi connectivity index (χ3n) is 4.92. The highest BCUT2D eigenvalue weighted by Crippen LogP contribution is 2.21. The van der Waals surface area contributed by atoms with Crippen molar-refractivity contribution in [1.29, 1.82) is 0 Å². The van der Waals surface area contributed by atoms with Crippen molar-refractivity contribution in [2.75, 3.05) is 27.7 Å². The number of methoxy groups -OCH3 is 1. The normalized spacial score (nSPS) is 12.2. The Morgan fingerprint density at radius 3 is 2.29 bits per heavy atom. The highest BCUT2D eigenvalue weighted by atomic mass is 16.5. The van der Waals surface area contributed by atoms with Gasteiger partial charge in [0.05, 0.1) is 35.6 Å². The van der Waals surface area contributed by atoms with Crippen molar-refractivity contribution in [3.63, 3.8) is 0 Å². The molecule has 1 N–H and O–H groups in total. The number of ether oxygens (including phenoxy) is 1. The molecular formula is C22H26N4O2. The van der Waals surface area contributed by atoms with E-state index in [0.717, 1.165) is 33.7 Å². The van der Waals surface area contributed by atoms with Crippen LogP contribution in [0, 0.1) is 13.8 Å². The minimum Gasteiger partial charge on any atom is -0.497 e. The summed E-state index contributed by atoms with van der Waals surface area (Å²) in [5.74, 6) is 0.690. The van der Waals surface area contributed by atoms with Crippen LogP contribution in [0.4, 0.5) is 0 Å². The summed E-state index contributed by atoms with van der Waals surface area (Å²) in [5.41, 5.74) is 4.99. The Hall–Kier alpha value is -2.99. The van der Waals surface area contributed by atoms with Gasteiger partial charge in [-0.3, -0.25) is 4.79 Å². The minimum atomic E-state index is -0.123. The standard InChI is InChI=1S/C22H26N4O2/c1-14-15(2)25-20-12-17(8-11-19(20)24-14)22(27)23-13-21(26(3)4)16-6-9-18(28-5)10-7-16/h6-12,21H,13H2,1-5H3,(H,23,27). The number of hydrogen-bond donors (Lipinski definition) is 1. The van der Waals surface area contributed by atoms with Crippen molar-refractivity contribution in [3.8, 4) is 5.75 Å². The lowest BCUT2D eigenvalue weighted by molar-refractivity contribution is 0.0942. The molecule has 6 nitrogen and oxygen atoms in total. The van der Waals surface area contributed by atoms with Crippen LogP contribution in [0.3, 0.4) is 0 Å². The lowest BCUT2D eigenvalue weighted by atomic mass is 10.1. The summed E-state index contributed by atoms with van der Waals surface area (Å²) in [5, 5.41) is 3.04. The number of fused-ring (bicyclic) bond motifs is 1. The molecule has 28 heavy (non-hydrogen) atoms. The van der Waals surface area contributed by atoms with Crippen LogP contribution in [0.2, 0.25) is 0 Å². The van der Waals surface area contributed by atoms with Crippen molar-refractivity contribution >= 4 is 16.9 Å². The third-order valence-corrected chi connectivity index (χ3v) is 4.92. The van der Waals surface area contributed by atoms with Crippen molar-refractivity contribution in [2.45, 2.75) is 19.9 Å². The van der Waals surface area contributed by atoms with Gasteiger partial charge in [-0.25, -0.2) is 9.97 Å². The molecule has 1 atom stereocenters. The molecule has 6 heteroatoms. The predicted octanol–water partition coefficient (Wildman–Crippen LogP) is 3.29. The SMILES string of the molecule is COc1ccc(C(CNC(=O)c2ccc3nc(C)c(C)nc3c2)N(C)C)cc1. The van der Waals surface area contributed by atoms with Gasteiger partial charge in [0.2, 0.25) is 0 Å². The first-order valence-corrected chi connectivity index (χ1v) is 9.22. The van der Waals surface area contributed by atoms with E-state index >= 15 is 0 Å². The molecule has 0 aliphatic rings. The van der Waals surface area contributed by atoms with E-state index in [-0.39, 0.29) is 11.9 Å². The zero-order chi connectivity index (χ0) is 20.3. The van der Waals surface area contributed by atoms with Gasteiger partial charge in [-0.05, 0) is 63.8 Å². The molecule has 0 spiro atoms. The van der Waals surface area contributed by atoms with E-state index in [2.05, 4.69) is 20.2 Å². The average molecular weight is 378 g/mol. The van der Waals surface area contributed by atoms with E-state index in [1.807, 2.05) is 58.3 Å². The predicted molar refractivity (Wildman–Crippen MR) is 111 cm³/mol. The highest BCUT2D eigenvalue weighted by Gasteiger charge is 2.16. The van der Waals surface area contributed by atoms with E-state index in [1.165, 1.54) is 0 Å². The first-order valence-electron chi connectivity index (χ1n) is 9.22. The van der Waals surface area contributed by atoms with Gasteiger partial charge in [0, 0.05) is 12.1 Å². The number of benzene rings is 2. The maximum atomic E-state index is 12.7. The number of likely N-dealkylation sites (N-methyl/N-ethyl adjacent to an activating group) is 1. The summed E-state index contributed by atoms with van der Waals surface area (Å²) < 4.78 is 5.22. The molecule has 0 aliphatic heterocycles. The lowest BCUT2D eigenvalue weighted by Crippen LogP contribution is -2.34. The molecule has 0 bridgehead atoms. The average Bonchev–Trinajstić information content (AvgIpc) is 2.68.